The minimum atomic E-state index is -1.23. The number of amides is 2. The highest BCUT2D eigenvalue weighted by Gasteiger charge is 2.16. The minimum Gasteiger partial charge on any atom is -0.497 e. The second-order valence-electron chi connectivity index (χ2n) is 7.09. The number of rotatable bonds is 7. The molecule has 0 aliphatic rings. The van der Waals surface area contributed by atoms with Crippen LogP contribution in [0, 0.1) is 13.8 Å². The molecule has 0 aliphatic heterocycles. The van der Waals surface area contributed by atoms with Crippen LogP contribution in [0.3, 0.4) is 0 Å². The maximum absolute atomic E-state index is 12.1. The molecule has 0 fully saturated rings. The molecule has 1 aromatic heterocycles. The van der Waals surface area contributed by atoms with Gasteiger partial charge in [-0.2, -0.15) is 5.10 Å². The number of carbonyl (C=O) groups is 3. The lowest BCUT2D eigenvalue weighted by molar-refractivity contribution is 0.0696. The summed E-state index contributed by atoms with van der Waals surface area (Å²) in [5.74, 6) is -1.79. The van der Waals surface area contributed by atoms with Crippen molar-refractivity contribution < 1.29 is 29.3 Å². The first-order valence-corrected chi connectivity index (χ1v) is 9.74. The molecular formula is C23H22N4O6. The quantitative estimate of drug-likeness (QED) is 0.320. The van der Waals surface area contributed by atoms with Crippen LogP contribution in [-0.2, 0) is 0 Å². The van der Waals surface area contributed by atoms with Gasteiger partial charge in [-0.05, 0) is 62.4 Å². The van der Waals surface area contributed by atoms with Gasteiger partial charge in [-0.1, -0.05) is 0 Å². The fraction of sp³-hybridized carbons (Fsp3) is 0.130. The molecule has 2 aromatic carbocycles. The van der Waals surface area contributed by atoms with Gasteiger partial charge in [-0.25, -0.2) is 19.8 Å². The highest BCUT2D eigenvalue weighted by Crippen LogP contribution is 2.22. The third kappa shape index (κ3) is 5.37. The largest absolute Gasteiger partial charge is 0.497 e. The number of carboxylic acid groups (broad SMARTS) is 2. The van der Waals surface area contributed by atoms with Crippen LogP contribution >= 0.6 is 0 Å². The van der Waals surface area contributed by atoms with Crippen LogP contribution < -0.4 is 15.5 Å². The summed E-state index contributed by atoms with van der Waals surface area (Å²) in [7, 11) is 1.55. The number of aromatic nitrogens is 1. The molecule has 1 heterocycles. The summed E-state index contributed by atoms with van der Waals surface area (Å²) in [6.07, 6.45) is 1.45. The van der Waals surface area contributed by atoms with Crippen molar-refractivity contribution in [2.24, 2.45) is 5.10 Å². The first kappa shape index (κ1) is 23.1. The van der Waals surface area contributed by atoms with Crippen LogP contribution in [0.4, 0.5) is 10.5 Å². The number of aromatic carboxylic acids is 2. The maximum Gasteiger partial charge on any atom is 0.339 e. The van der Waals surface area contributed by atoms with Gasteiger partial charge in [-0.3, -0.25) is 0 Å². The monoisotopic (exact) mass is 450 g/mol. The van der Waals surface area contributed by atoms with Crippen molar-refractivity contribution in [2.45, 2.75) is 13.8 Å². The van der Waals surface area contributed by atoms with E-state index in [1.54, 1.807) is 55.9 Å². The van der Waals surface area contributed by atoms with Gasteiger partial charge >= 0.3 is 18.0 Å². The molecule has 0 saturated carbocycles. The molecule has 0 radical (unpaired) electrons. The zero-order valence-corrected chi connectivity index (χ0v) is 18.1. The number of carboxylic acids is 2. The van der Waals surface area contributed by atoms with Crippen LogP contribution in [0.2, 0.25) is 0 Å². The molecular weight excluding hydrogens is 428 g/mol. The molecule has 170 valence electrons. The standard InChI is InChI=1S/C23H22N4O6/c1-13-8-17(12-24-26-23(32)25-18-4-6-20(33-3)7-5-18)14(2)27(13)19-10-15(21(28)29)9-16(11-19)22(30)31/h4-12H,1-3H3,(H,28,29)(H,30,31)(H2,25,26,32)/b24-12+. The lowest BCUT2D eigenvalue weighted by atomic mass is 10.1. The summed E-state index contributed by atoms with van der Waals surface area (Å²) >= 11 is 0. The van der Waals surface area contributed by atoms with E-state index in [0.29, 0.717) is 28.4 Å². The van der Waals surface area contributed by atoms with E-state index < -0.39 is 18.0 Å². The Morgan fingerprint density at radius 2 is 1.58 bits per heavy atom. The Bertz CT molecular complexity index is 1210. The third-order valence-electron chi connectivity index (χ3n) is 4.86. The van der Waals surface area contributed by atoms with Gasteiger partial charge in [0, 0.05) is 28.3 Å². The summed E-state index contributed by atoms with van der Waals surface area (Å²) in [5, 5.41) is 25.3. The Kier molecular flexibility index (Phi) is 6.77. The first-order chi connectivity index (χ1) is 15.7. The van der Waals surface area contributed by atoms with Gasteiger partial charge in [-0.15, -0.1) is 0 Å². The first-order valence-electron chi connectivity index (χ1n) is 9.74. The summed E-state index contributed by atoms with van der Waals surface area (Å²) < 4.78 is 6.79. The number of hydrogen-bond donors (Lipinski definition) is 4. The molecule has 0 aliphatic carbocycles. The molecule has 33 heavy (non-hydrogen) atoms. The molecule has 0 spiro atoms. The van der Waals surface area contributed by atoms with Gasteiger partial charge in [0.05, 0.1) is 24.5 Å². The number of hydrogen-bond acceptors (Lipinski definition) is 5. The van der Waals surface area contributed by atoms with Crippen LogP contribution in [-0.4, -0.2) is 46.1 Å². The average molecular weight is 450 g/mol. The Morgan fingerprint density at radius 1 is 0.970 bits per heavy atom. The van der Waals surface area contributed by atoms with E-state index in [9.17, 15) is 24.6 Å². The number of hydrazone groups is 1. The Balaban J connectivity index is 1.79. The Labute approximate surface area is 189 Å². The smallest absolute Gasteiger partial charge is 0.339 e. The maximum atomic E-state index is 12.1. The summed E-state index contributed by atoms with van der Waals surface area (Å²) in [5.41, 5.74) is 5.15. The topological polar surface area (TPSA) is 142 Å². The van der Waals surface area contributed by atoms with Crippen molar-refractivity contribution in [1.29, 1.82) is 0 Å². The lowest BCUT2D eigenvalue weighted by Crippen LogP contribution is -2.24. The highest BCUT2D eigenvalue weighted by molar-refractivity contribution is 5.95. The zero-order chi connectivity index (χ0) is 24.1. The number of aryl methyl sites for hydroxylation is 1. The summed E-state index contributed by atoms with van der Waals surface area (Å²) in [6, 6.07) is 12.0. The fourth-order valence-electron chi connectivity index (χ4n) is 3.30. The zero-order valence-electron chi connectivity index (χ0n) is 18.1. The van der Waals surface area contributed by atoms with Crippen molar-refractivity contribution in [2.75, 3.05) is 12.4 Å². The molecule has 0 unspecified atom stereocenters. The predicted octanol–water partition coefficient (Wildman–Crippen LogP) is 3.65. The van der Waals surface area contributed by atoms with Crippen LogP contribution in [0.25, 0.3) is 5.69 Å². The molecule has 2 amide bonds. The number of methoxy groups -OCH3 is 1. The van der Waals surface area contributed by atoms with Crippen LogP contribution in [0.1, 0.15) is 37.7 Å². The number of ether oxygens (including phenoxy) is 1. The van der Waals surface area contributed by atoms with E-state index in [1.807, 2.05) is 0 Å². The minimum absolute atomic E-state index is 0.135. The number of anilines is 1. The number of nitrogens with zero attached hydrogens (tertiary/aromatic N) is 2. The van der Waals surface area contributed by atoms with E-state index in [2.05, 4.69) is 15.8 Å². The normalized spacial score (nSPS) is 10.8. The van der Waals surface area contributed by atoms with E-state index in [-0.39, 0.29) is 11.1 Å². The molecule has 0 bridgehead atoms. The number of carbonyl (C=O) groups excluding carboxylic acids is 1. The molecule has 3 rings (SSSR count). The fourth-order valence-corrected chi connectivity index (χ4v) is 3.30. The average Bonchev–Trinajstić information content (AvgIpc) is 3.06. The van der Waals surface area contributed by atoms with Crippen molar-refractivity contribution in [1.82, 2.24) is 9.99 Å². The van der Waals surface area contributed by atoms with Crippen molar-refractivity contribution in [3.8, 4) is 11.4 Å². The number of benzene rings is 2. The molecule has 0 saturated heterocycles. The predicted molar refractivity (Wildman–Crippen MR) is 122 cm³/mol. The molecule has 3 aromatic rings. The third-order valence-corrected chi connectivity index (χ3v) is 4.86. The number of urea groups is 1. The lowest BCUT2D eigenvalue weighted by Gasteiger charge is -2.12. The van der Waals surface area contributed by atoms with Gasteiger partial charge in [0.2, 0.25) is 0 Å². The molecule has 10 heteroatoms. The van der Waals surface area contributed by atoms with E-state index >= 15 is 0 Å². The van der Waals surface area contributed by atoms with Gasteiger partial charge in [0.1, 0.15) is 5.75 Å². The number of nitrogens with one attached hydrogen (secondary N) is 2. The van der Waals surface area contributed by atoms with Crippen molar-refractivity contribution in [3.05, 3.63) is 76.6 Å². The highest BCUT2D eigenvalue weighted by atomic mass is 16.5. The summed E-state index contributed by atoms with van der Waals surface area (Å²) in [4.78, 5) is 34.9. The molecule has 10 nitrogen and oxygen atoms in total. The van der Waals surface area contributed by atoms with Gasteiger partial charge in [0.25, 0.3) is 0 Å². The second kappa shape index (κ2) is 9.69. The Morgan fingerprint density at radius 3 is 2.12 bits per heavy atom. The molecule has 4 N–H and O–H groups in total. The Hall–Kier alpha value is -4.60. The van der Waals surface area contributed by atoms with E-state index in [4.69, 9.17) is 4.74 Å². The van der Waals surface area contributed by atoms with E-state index in [0.717, 1.165) is 11.8 Å². The summed E-state index contributed by atoms with van der Waals surface area (Å²) in [6.45, 7) is 3.57. The van der Waals surface area contributed by atoms with Crippen molar-refractivity contribution >= 4 is 29.9 Å². The SMILES string of the molecule is COc1ccc(NC(=O)N/N=C/c2cc(C)n(-c3cc(C(=O)O)cc(C(=O)O)c3)c2C)cc1. The molecule has 0 atom stereocenters. The van der Waals surface area contributed by atoms with Gasteiger partial charge in [0.15, 0.2) is 0 Å². The van der Waals surface area contributed by atoms with Gasteiger partial charge < -0.3 is 24.8 Å². The van der Waals surface area contributed by atoms with Crippen LogP contribution in [0.5, 0.6) is 5.75 Å². The van der Waals surface area contributed by atoms with E-state index in [1.165, 1.54) is 18.3 Å². The van der Waals surface area contributed by atoms with Crippen LogP contribution in [0.15, 0.2) is 53.6 Å². The van der Waals surface area contributed by atoms with Crippen molar-refractivity contribution in [3.63, 3.8) is 0 Å². The second-order valence-corrected chi connectivity index (χ2v) is 7.09.